The molecule has 2 aromatic carbocycles. The fourth-order valence-electron chi connectivity index (χ4n) is 4.27. The molecule has 2 aromatic heterocycles. The highest BCUT2D eigenvalue weighted by atomic mass is 32.3. The van der Waals surface area contributed by atoms with Gasteiger partial charge in [-0.3, -0.25) is 4.79 Å². The van der Waals surface area contributed by atoms with Gasteiger partial charge in [0.15, 0.2) is 0 Å². The van der Waals surface area contributed by atoms with Crippen molar-refractivity contribution in [3.05, 3.63) is 69.8 Å². The number of carbonyl (C=O) groups excluding carboxylic acids is 1. The summed E-state index contributed by atoms with van der Waals surface area (Å²) in [5.41, 5.74) is 1.11. The molecule has 4 aromatic rings. The molecule has 0 fully saturated rings. The molecule has 0 unspecified atom stereocenters. The molecule has 4 rings (SSSR count). The lowest BCUT2D eigenvalue weighted by atomic mass is 10.1. The molecule has 0 aliphatic heterocycles. The molecule has 12 heteroatoms. The number of pyridine rings is 1. The monoisotopic (exact) mass is 586 g/mol. The molecule has 218 valence electrons. The zero-order chi connectivity index (χ0) is 29.7. The Kier molecular flexibility index (Phi) is 9.30. The molecule has 0 saturated carbocycles. The Bertz CT molecular complexity index is 1670. The van der Waals surface area contributed by atoms with Crippen LogP contribution in [0.3, 0.4) is 0 Å². The van der Waals surface area contributed by atoms with E-state index in [-0.39, 0.29) is 36.8 Å². The van der Waals surface area contributed by atoms with Gasteiger partial charge in [0.1, 0.15) is 36.5 Å². The second-order valence-electron chi connectivity index (χ2n) is 10.2. The summed E-state index contributed by atoms with van der Waals surface area (Å²) in [6, 6.07) is 11.9. The highest BCUT2D eigenvalue weighted by Gasteiger charge is 2.20. The molecule has 0 radical (unpaired) electrons. The van der Waals surface area contributed by atoms with Gasteiger partial charge in [-0.05, 0) is 43.9 Å². The maximum absolute atomic E-state index is 13.1. The van der Waals surface area contributed by atoms with Gasteiger partial charge < -0.3 is 23.3 Å². The van der Waals surface area contributed by atoms with Gasteiger partial charge in [0.05, 0.1) is 41.9 Å². The maximum Gasteiger partial charge on any atom is 0.343 e. The zero-order valence-electron chi connectivity index (χ0n) is 23.4. The van der Waals surface area contributed by atoms with Crippen molar-refractivity contribution in [2.45, 2.75) is 26.6 Å². The third kappa shape index (κ3) is 7.04. The molecule has 0 saturated heterocycles. The van der Waals surface area contributed by atoms with Crippen LogP contribution in [0.5, 0.6) is 5.75 Å². The molecular weight excluding hydrogens is 554 g/mol. The van der Waals surface area contributed by atoms with E-state index in [2.05, 4.69) is 18.8 Å². The van der Waals surface area contributed by atoms with Gasteiger partial charge in [-0.25, -0.2) is 28.6 Å². The van der Waals surface area contributed by atoms with Crippen molar-refractivity contribution >= 4 is 37.9 Å². The van der Waals surface area contributed by atoms with Crippen molar-refractivity contribution in [1.29, 1.82) is 5.26 Å². The fraction of sp³-hybridized carbons (Fsp3) is 0.379. The first-order valence-corrected chi connectivity index (χ1v) is 15.9. The minimum atomic E-state index is -2.70. The Morgan fingerprint density at radius 2 is 1.93 bits per heavy atom. The average molecular weight is 587 g/mol. The van der Waals surface area contributed by atoms with Crippen LogP contribution >= 0.6 is 10.0 Å². The van der Waals surface area contributed by atoms with Gasteiger partial charge in [-0.2, -0.15) is 5.26 Å². The molecule has 41 heavy (non-hydrogen) atoms. The minimum absolute atomic E-state index is 0.00663. The van der Waals surface area contributed by atoms with Crippen molar-refractivity contribution in [2.24, 2.45) is 0 Å². The normalized spacial score (nSPS) is 12.1. The van der Waals surface area contributed by atoms with Crippen LogP contribution in [0.15, 0.2) is 47.4 Å². The van der Waals surface area contributed by atoms with E-state index < -0.39 is 34.5 Å². The van der Waals surface area contributed by atoms with Crippen LogP contribution in [0.1, 0.15) is 28.7 Å². The summed E-state index contributed by atoms with van der Waals surface area (Å²) in [6.07, 6.45) is 5.32. The Balaban J connectivity index is 1.83. The van der Waals surface area contributed by atoms with E-state index in [1.165, 1.54) is 12.3 Å². The van der Waals surface area contributed by atoms with Crippen LogP contribution in [-0.4, -0.2) is 70.9 Å². The largest absolute Gasteiger partial charge is 0.486 e. The Hall–Kier alpha value is -3.95. The van der Waals surface area contributed by atoms with Crippen LogP contribution in [-0.2, 0) is 22.7 Å². The first-order valence-electron chi connectivity index (χ1n) is 12.9. The number of hydrogen-bond donors (Lipinski definition) is 0. The first-order chi connectivity index (χ1) is 19.5. The lowest BCUT2D eigenvalue weighted by Gasteiger charge is -2.24. The molecule has 9 nitrogen and oxygen atoms in total. The summed E-state index contributed by atoms with van der Waals surface area (Å²) in [5.74, 6) is 0.670. The topological polar surface area (TPSA) is 108 Å². The van der Waals surface area contributed by atoms with Crippen LogP contribution in [0.4, 0.5) is 8.78 Å². The number of esters is 1. The van der Waals surface area contributed by atoms with Crippen LogP contribution < -0.4 is 10.2 Å². The second kappa shape index (κ2) is 12.7. The van der Waals surface area contributed by atoms with Gasteiger partial charge >= 0.3 is 5.97 Å². The summed E-state index contributed by atoms with van der Waals surface area (Å²) >= 11 is 0. The van der Waals surface area contributed by atoms with Crippen molar-refractivity contribution in [2.75, 3.05) is 44.3 Å². The molecule has 0 aliphatic carbocycles. The Morgan fingerprint density at radius 1 is 1.17 bits per heavy atom. The highest BCUT2D eigenvalue weighted by Crippen LogP contribution is 2.34. The fourth-order valence-corrected chi connectivity index (χ4v) is 4.89. The summed E-state index contributed by atoms with van der Waals surface area (Å²) in [4.78, 5) is 30.4. The summed E-state index contributed by atoms with van der Waals surface area (Å²) in [6.45, 7) is 1.68. The average Bonchev–Trinajstić information content (AvgIpc) is 3.25. The summed E-state index contributed by atoms with van der Waals surface area (Å²) < 4.78 is 45.5. The first kappa shape index (κ1) is 30.0. The molecule has 0 amide bonds. The van der Waals surface area contributed by atoms with Gasteiger partial charge in [0.2, 0.25) is 5.43 Å². The van der Waals surface area contributed by atoms with Gasteiger partial charge in [0, 0.05) is 23.4 Å². The van der Waals surface area contributed by atoms with Gasteiger partial charge in [-0.15, -0.1) is 0 Å². The number of nitriles is 1. The molecule has 0 N–H and O–H groups in total. The van der Waals surface area contributed by atoms with E-state index >= 15 is 0 Å². The number of ether oxygens (including phenoxy) is 3. The van der Waals surface area contributed by atoms with Gasteiger partial charge in [-0.1, -0.05) is 12.1 Å². The van der Waals surface area contributed by atoms with Crippen molar-refractivity contribution in [3.63, 3.8) is 0 Å². The number of imidazole rings is 1. The standard InChI is InChI=1S/C29H32F2N4O5S/c1-5-39-29(37)21-15-34(23-9-7-6-8-20(23)28(21)36)16-27-33-22-13-25(40-17-26(30)31)19(14-32)12-24(22)35(27)18-38-10-11-41(2,3)4/h6-9,12-13,15,26H,5,10-11,16-18H2,1-4H3. The molecule has 0 atom stereocenters. The van der Waals surface area contributed by atoms with Crippen LogP contribution in [0, 0.1) is 11.3 Å². The number of hydrogen-bond acceptors (Lipinski definition) is 7. The van der Waals surface area contributed by atoms with Crippen LogP contribution in [0.25, 0.3) is 21.9 Å². The predicted molar refractivity (Wildman–Crippen MR) is 155 cm³/mol. The van der Waals surface area contributed by atoms with Crippen molar-refractivity contribution in [1.82, 2.24) is 14.1 Å². The maximum atomic E-state index is 13.1. The molecule has 2 heterocycles. The number of carbonyl (C=O) groups is 1. The van der Waals surface area contributed by atoms with E-state index in [9.17, 15) is 23.6 Å². The zero-order valence-corrected chi connectivity index (χ0v) is 24.2. The molecule has 0 spiro atoms. The predicted octanol–water partition coefficient (Wildman–Crippen LogP) is 4.76. The number of alkyl halides is 2. The number of aromatic nitrogens is 3. The number of nitrogens with zero attached hydrogens (tertiary/aromatic N) is 4. The van der Waals surface area contributed by atoms with Crippen LogP contribution in [0.2, 0.25) is 0 Å². The summed E-state index contributed by atoms with van der Waals surface area (Å²) in [7, 11) is -0.790. The number of rotatable bonds is 12. The molecular formula is C29H32F2N4O5S. The van der Waals surface area contributed by atoms with Crippen molar-refractivity contribution < 1.29 is 27.8 Å². The summed E-state index contributed by atoms with van der Waals surface area (Å²) in [5, 5.41) is 10.0. The van der Waals surface area contributed by atoms with E-state index in [0.29, 0.717) is 34.4 Å². The van der Waals surface area contributed by atoms with E-state index in [4.69, 9.17) is 19.2 Å². The second-order valence-corrected chi connectivity index (χ2v) is 14.8. The Morgan fingerprint density at radius 3 is 2.61 bits per heavy atom. The quantitative estimate of drug-likeness (QED) is 0.174. The third-order valence-corrected chi connectivity index (χ3v) is 7.66. The van der Waals surface area contributed by atoms with E-state index in [0.717, 1.165) is 5.75 Å². The molecule has 0 aliphatic rings. The number of para-hydroxylation sites is 1. The van der Waals surface area contributed by atoms with E-state index in [1.807, 2.05) is 6.07 Å². The Labute approximate surface area is 237 Å². The number of benzene rings is 2. The van der Waals surface area contributed by atoms with Crippen molar-refractivity contribution in [3.8, 4) is 11.8 Å². The van der Waals surface area contributed by atoms with Gasteiger partial charge in [0.25, 0.3) is 6.43 Å². The van der Waals surface area contributed by atoms with E-state index in [1.54, 1.807) is 46.4 Å². The SMILES string of the molecule is CCOC(=O)c1cn(Cc2nc3cc(OCC(F)F)c(C#N)cc3n2COCCS(C)(C)C)c2ccccc2c1=O. The minimum Gasteiger partial charge on any atom is -0.486 e. The molecule has 0 bridgehead atoms. The smallest absolute Gasteiger partial charge is 0.343 e. The lowest BCUT2D eigenvalue weighted by molar-refractivity contribution is 0.0524. The number of halogens is 2. The number of fused-ring (bicyclic) bond motifs is 2. The lowest BCUT2D eigenvalue weighted by Crippen LogP contribution is -2.22. The highest BCUT2D eigenvalue weighted by molar-refractivity contribution is 8.32. The third-order valence-electron chi connectivity index (χ3n) is 6.27.